The highest BCUT2D eigenvalue weighted by molar-refractivity contribution is 7.99. The van der Waals surface area contributed by atoms with Crippen molar-refractivity contribution in [2.45, 2.75) is 58.2 Å². The molecule has 7 heteroatoms. The van der Waals surface area contributed by atoms with E-state index in [4.69, 9.17) is 12.6 Å². The smallest absolute Gasteiger partial charge is 0.410 e. The normalized spacial score (nSPS) is 19.5. The first kappa shape index (κ1) is 16.7. The van der Waals surface area contributed by atoms with Gasteiger partial charge in [0.1, 0.15) is 13.4 Å². The molecule has 1 aromatic rings. The number of carbonyl (C=O) groups is 1. The second kappa shape index (κ2) is 6.42. The maximum atomic E-state index is 12.3. The molecule has 0 aliphatic carbocycles. The van der Waals surface area contributed by atoms with Crippen molar-refractivity contribution in [2.75, 3.05) is 18.1 Å². The van der Waals surface area contributed by atoms with Gasteiger partial charge in [-0.15, -0.1) is 0 Å². The summed E-state index contributed by atoms with van der Waals surface area (Å²) in [5.41, 5.74) is 2.29. The molecule has 1 aromatic heterocycles. The van der Waals surface area contributed by atoms with Crippen molar-refractivity contribution in [2.24, 2.45) is 0 Å². The van der Waals surface area contributed by atoms with E-state index < -0.39 is 5.60 Å². The Bertz CT molecular complexity index is 591. The second-order valence-electron chi connectivity index (χ2n) is 7.25. The Morgan fingerprint density at radius 2 is 2.04 bits per heavy atom. The summed E-state index contributed by atoms with van der Waals surface area (Å²) in [7, 11) is 6.14. The van der Waals surface area contributed by atoms with Crippen molar-refractivity contribution in [1.82, 2.24) is 14.7 Å². The van der Waals surface area contributed by atoms with Gasteiger partial charge in [0.15, 0.2) is 0 Å². The molecule has 5 nitrogen and oxygen atoms in total. The molecule has 2 aliphatic heterocycles. The Morgan fingerprint density at radius 3 is 2.70 bits per heavy atom. The number of aromatic nitrogens is 2. The van der Waals surface area contributed by atoms with Crippen LogP contribution in [0.2, 0.25) is 0 Å². The SMILES string of the molecule is [B]c1nn(C2CCSCC2)c2c1CN(C(=O)OC(C)(C)C)CC2. The Kier molecular flexibility index (Phi) is 4.67. The Hall–Kier alpha value is -1.11. The van der Waals surface area contributed by atoms with Crippen LogP contribution in [-0.4, -0.2) is 52.3 Å². The Balaban J connectivity index is 1.76. The minimum atomic E-state index is -0.479. The summed E-state index contributed by atoms with van der Waals surface area (Å²) in [5, 5.41) is 4.59. The maximum Gasteiger partial charge on any atom is 0.410 e. The number of hydrogen-bond acceptors (Lipinski definition) is 4. The molecule has 1 saturated heterocycles. The van der Waals surface area contributed by atoms with E-state index in [2.05, 4.69) is 9.78 Å². The minimum absolute atomic E-state index is 0.274. The zero-order valence-electron chi connectivity index (χ0n) is 14.2. The molecule has 0 spiro atoms. The van der Waals surface area contributed by atoms with Crippen LogP contribution in [0.15, 0.2) is 0 Å². The first-order chi connectivity index (χ1) is 10.8. The van der Waals surface area contributed by atoms with Gasteiger partial charge in [0.2, 0.25) is 0 Å². The molecule has 3 heterocycles. The molecule has 3 rings (SSSR count). The van der Waals surface area contributed by atoms with Gasteiger partial charge in [0.05, 0.1) is 12.6 Å². The van der Waals surface area contributed by atoms with Crippen LogP contribution in [0.3, 0.4) is 0 Å². The highest BCUT2D eigenvalue weighted by Crippen LogP contribution is 2.30. The molecule has 2 aliphatic rings. The third-order valence-electron chi connectivity index (χ3n) is 4.31. The predicted octanol–water partition coefficient (Wildman–Crippen LogP) is 2.04. The van der Waals surface area contributed by atoms with Crippen molar-refractivity contribution in [1.29, 1.82) is 0 Å². The molecular weight excluding hydrogens is 309 g/mol. The molecule has 0 saturated carbocycles. The molecule has 2 radical (unpaired) electrons. The molecule has 0 unspecified atom stereocenters. The maximum absolute atomic E-state index is 12.3. The lowest BCUT2D eigenvalue weighted by Crippen LogP contribution is -2.41. The number of thioether (sulfide) groups is 1. The summed E-state index contributed by atoms with van der Waals surface area (Å²) in [6, 6.07) is 0.454. The van der Waals surface area contributed by atoms with Crippen LogP contribution < -0.4 is 5.59 Å². The van der Waals surface area contributed by atoms with Gasteiger partial charge < -0.3 is 9.64 Å². The van der Waals surface area contributed by atoms with Crippen molar-refractivity contribution in [3.05, 3.63) is 11.3 Å². The average molecular weight is 333 g/mol. The van der Waals surface area contributed by atoms with Gasteiger partial charge in [-0.3, -0.25) is 4.68 Å². The van der Waals surface area contributed by atoms with E-state index in [0.717, 1.165) is 24.8 Å². The molecule has 1 fully saturated rings. The molecule has 124 valence electrons. The number of nitrogens with zero attached hydrogens (tertiary/aromatic N) is 3. The van der Waals surface area contributed by atoms with Crippen molar-refractivity contribution in [3.63, 3.8) is 0 Å². The number of rotatable bonds is 1. The molecule has 0 bridgehead atoms. The molecule has 0 N–H and O–H groups in total. The van der Waals surface area contributed by atoms with Gasteiger partial charge in [-0.1, -0.05) is 0 Å². The van der Waals surface area contributed by atoms with E-state index >= 15 is 0 Å². The van der Waals surface area contributed by atoms with E-state index in [1.165, 1.54) is 17.2 Å². The van der Waals surface area contributed by atoms with Crippen LogP contribution in [-0.2, 0) is 17.7 Å². The average Bonchev–Trinajstić information content (AvgIpc) is 2.83. The van der Waals surface area contributed by atoms with Crippen LogP contribution in [0.4, 0.5) is 4.79 Å². The molecule has 1 amide bonds. The summed E-state index contributed by atoms with van der Waals surface area (Å²) < 4.78 is 7.61. The Morgan fingerprint density at radius 1 is 1.35 bits per heavy atom. The minimum Gasteiger partial charge on any atom is -0.444 e. The second-order valence-corrected chi connectivity index (χ2v) is 8.48. The zero-order chi connectivity index (χ0) is 16.6. The number of fused-ring (bicyclic) bond motifs is 1. The quantitative estimate of drug-likeness (QED) is 0.738. The summed E-state index contributed by atoms with van der Waals surface area (Å²) in [4.78, 5) is 14.0. The fraction of sp³-hybridized carbons (Fsp3) is 0.750. The first-order valence-corrected chi connectivity index (χ1v) is 9.42. The third kappa shape index (κ3) is 3.70. The fourth-order valence-electron chi connectivity index (χ4n) is 3.19. The molecule has 23 heavy (non-hydrogen) atoms. The number of carbonyl (C=O) groups excluding carboxylic acids is 1. The van der Waals surface area contributed by atoms with Gasteiger partial charge in [-0.25, -0.2) is 4.79 Å². The monoisotopic (exact) mass is 333 g/mol. The van der Waals surface area contributed by atoms with Gasteiger partial charge in [-0.05, 0) is 45.1 Å². The number of hydrogen-bond donors (Lipinski definition) is 0. The van der Waals surface area contributed by atoms with Crippen LogP contribution in [0.1, 0.15) is 50.9 Å². The van der Waals surface area contributed by atoms with E-state index in [1.54, 1.807) is 4.90 Å². The van der Waals surface area contributed by atoms with E-state index in [1.807, 2.05) is 32.5 Å². The van der Waals surface area contributed by atoms with Crippen molar-refractivity contribution < 1.29 is 9.53 Å². The molecule has 0 aromatic carbocycles. The summed E-state index contributed by atoms with van der Waals surface area (Å²) in [6.45, 7) is 6.81. The topological polar surface area (TPSA) is 47.4 Å². The van der Waals surface area contributed by atoms with Crippen molar-refractivity contribution in [3.8, 4) is 0 Å². The van der Waals surface area contributed by atoms with Crippen LogP contribution in [0, 0.1) is 0 Å². The number of amides is 1. The van der Waals surface area contributed by atoms with E-state index in [-0.39, 0.29) is 6.09 Å². The highest BCUT2D eigenvalue weighted by Gasteiger charge is 2.30. The van der Waals surface area contributed by atoms with Crippen LogP contribution in [0.25, 0.3) is 0 Å². The largest absolute Gasteiger partial charge is 0.444 e. The Labute approximate surface area is 143 Å². The standard InChI is InChI=1S/C16H24BN3O2S/c1-16(2,3)22-15(21)19-7-4-13-12(10-19)14(17)18-20(13)11-5-8-23-9-6-11/h11H,4-10H2,1-3H3. The van der Waals surface area contributed by atoms with Gasteiger partial charge in [0.25, 0.3) is 0 Å². The van der Waals surface area contributed by atoms with Gasteiger partial charge in [-0.2, -0.15) is 16.9 Å². The van der Waals surface area contributed by atoms with Gasteiger partial charge >= 0.3 is 6.09 Å². The molecule has 0 atom stereocenters. The van der Waals surface area contributed by atoms with Crippen molar-refractivity contribution >= 4 is 31.3 Å². The third-order valence-corrected chi connectivity index (χ3v) is 5.35. The lowest BCUT2D eigenvalue weighted by molar-refractivity contribution is 0.0222. The highest BCUT2D eigenvalue weighted by atomic mass is 32.2. The zero-order valence-corrected chi connectivity index (χ0v) is 15.0. The molecular formula is C16H24BN3O2S. The summed E-state index contributed by atoms with van der Waals surface area (Å²) >= 11 is 2.01. The van der Waals surface area contributed by atoms with Gasteiger partial charge in [0, 0.05) is 29.8 Å². The lowest BCUT2D eigenvalue weighted by Gasteiger charge is -2.31. The van der Waals surface area contributed by atoms with E-state index in [9.17, 15) is 4.79 Å². The van der Waals surface area contributed by atoms with Crippen LogP contribution >= 0.6 is 11.8 Å². The lowest BCUT2D eigenvalue weighted by atomic mass is 9.94. The summed E-state index contributed by atoms with van der Waals surface area (Å²) in [6.07, 6.45) is 2.81. The first-order valence-electron chi connectivity index (χ1n) is 8.26. The fourth-order valence-corrected chi connectivity index (χ4v) is 4.27. The van der Waals surface area contributed by atoms with E-state index in [0.29, 0.717) is 24.7 Å². The number of ether oxygens (including phenoxy) is 1. The summed E-state index contributed by atoms with van der Waals surface area (Å²) in [5.74, 6) is 2.37. The van der Waals surface area contributed by atoms with Crippen LogP contribution in [0.5, 0.6) is 0 Å². The predicted molar refractivity (Wildman–Crippen MR) is 93.6 cm³/mol.